The van der Waals surface area contributed by atoms with Crippen molar-refractivity contribution in [2.45, 2.75) is 38.9 Å². The summed E-state index contributed by atoms with van der Waals surface area (Å²) < 4.78 is 6.95. The predicted octanol–water partition coefficient (Wildman–Crippen LogP) is 2.05. The second-order valence-electron chi connectivity index (χ2n) is 5.78. The molecule has 2 N–H and O–H groups in total. The maximum absolute atomic E-state index is 13.0. The number of urea groups is 1. The standard InChI is InChI=1S/C17H24N4O4S2/c1-5-25-8-6-7-21-15(23)13-10(2)11(3)27-14(13)20-17(21)26-9-12(22)19-16(24)18-4/h5-9H2,1-4H3,(H2,18,19,22,24). The molecule has 0 aromatic carbocycles. The Morgan fingerprint density at radius 3 is 2.74 bits per heavy atom. The first-order chi connectivity index (χ1) is 12.9. The van der Waals surface area contributed by atoms with Gasteiger partial charge in [-0.15, -0.1) is 11.3 Å². The molecule has 2 aromatic rings. The second kappa shape index (κ2) is 9.86. The topological polar surface area (TPSA) is 102 Å². The van der Waals surface area contributed by atoms with Crippen molar-refractivity contribution < 1.29 is 14.3 Å². The molecule has 0 atom stereocenters. The summed E-state index contributed by atoms with van der Waals surface area (Å²) in [6.45, 7) is 7.43. The van der Waals surface area contributed by atoms with Crippen LogP contribution in [0, 0.1) is 13.8 Å². The molecule has 10 heteroatoms. The molecule has 0 radical (unpaired) electrons. The third kappa shape index (κ3) is 5.30. The number of aryl methyl sites for hydroxylation is 2. The Morgan fingerprint density at radius 2 is 2.07 bits per heavy atom. The number of hydrogen-bond acceptors (Lipinski definition) is 7. The minimum absolute atomic E-state index is 0.0137. The zero-order chi connectivity index (χ0) is 20.0. The number of thioether (sulfide) groups is 1. The summed E-state index contributed by atoms with van der Waals surface area (Å²) in [5, 5.41) is 5.63. The molecule has 0 aliphatic heterocycles. The number of nitrogens with one attached hydrogen (secondary N) is 2. The Labute approximate surface area is 165 Å². The molecule has 27 heavy (non-hydrogen) atoms. The van der Waals surface area contributed by atoms with Crippen molar-refractivity contribution in [2.75, 3.05) is 26.0 Å². The molecule has 0 bridgehead atoms. The van der Waals surface area contributed by atoms with Crippen LogP contribution in [-0.4, -0.2) is 47.5 Å². The van der Waals surface area contributed by atoms with E-state index < -0.39 is 11.9 Å². The molecular weight excluding hydrogens is 388 g/mol. The van der Waals surface area contributed by atoms with Gasteiger partial charge in [0.15, 0.2) is 5.16 Å². The molecule has 2 rings (SSSR count). The Hall–Kier alpha value is -1.91. The fourth-order valence-electron chi connectivity index (χ4n) is 2.44. The monoisotopic (exact) mass is 412 g/mol. The van der Waals surface area contributed by atoms with E-state index in [9.17, 15) is 14.4 Å². The van der Waals surface area contributed by atoms with Crippen LogP contribution in [0.25, 0.3) is 10.2 Å². The molecule has 0 aliphatic rings. The maximum atomic E-state index is 13.0. The quantitative estimate of drug-likeness (QED) is 0.391. The molecule has 0 saturated carbocycles. The van der Waals surface area contributed by atoms with Crippen molar-refractivity contribution in [3.8, 4) is 0 Å². The highest BCUT2D eigenvalue weighted by Gasteiger charge is 2.18. The average Bonchev–Trinajstić information content (AvgIpc) is 2.92. The smallest absolute Gasteiger partial charge is 0.321 e. The number of nitrogens with zero attached hydrogens (tertiary/aromatic N) is 2. The first-order valence-corrected chi connectivity index (χ1v) is 10.4. The summed E-state index contributed by atoms with van der Waals surface area (Å²) in [7, 11) is 1.43. The van der Waals surface area contributed by atoms with Gasteiger partial charge >= 0.3 is 6.03 Å². The van der Waals surface area contributed by atoms with Crippen molar-refractivity contribution >= 4 is 45.3 Å². The first kappa shape index (κ1) is 21.4. The summed E-state index contributed by atoms with van der Waals surface area (Å²) in [5.74, 6) is -0.465. The number of hydrogen-bond donors (Lipinski definition) is 2. The number of carbonyl (C=O) groups is 2. The van der Waals surface area contributed by atoms with Gasteiger partial charge in [0.1, 0.15) is 4.83 Å². The van der Waals surface area contributed by atoms with E-state index in [0.717, 1.165) is 22.2 Å². The van der Waals surface area contributed by atoms with E-state index in [0.29, 0.717) is 41.6 Å². The number of ether oxygens (including phenoxy) is 1. The van der Waals surface area contributed by atoms with Gasteiger partial charge in [0.05, 0.1) is 11.1 Å². The van der Waals surface area contributed by atoms with E-state index in [1.54, 1.807) is 4.57 Å². The number of rotatable bonds is 8. The molecule has 2 heterocycles. The summed E-state index contributed by atoms with van der Waals surface area (Å²) in [5.41, 5.74) is 0.840. The van der Waals surface area contributed by atoms with Gasteiger partial charge in [0.25, 0.3) is 5.56 Å². The molecule has 0 fully saturated rings. The number of amides is 3. The van der Waals surface area contributed by atoms with E-state index in [1.807, 2.05) is 20.8 Å². The number of imide groups is 1. The maximum Gasteiger partial charge on any atom is 0.321 e. The predicted molar refractivity (Wildman–Crippen MR) is 108 cm³/mol. The lowest BCUT2D eigenvalue weighted by atomic mass is 10.2. The number of carbonyl (C=O) groups excluding carboxylic acids is 2. The zero-order valence-corrected chi connectivity index (χ0v) is 17.5. The number of aromatic nitrogens is 2. The van der Waals surface area contributed by atoms with Crippen LogP contribution in [0.15, 0.2) is 9.95 Å². The van der Waals surface area contributed by atoms with E-state index in [-0.39, 0.29) is 11.3 Å². The highest BCUT2D eigenvalue weighted by atomic mass is 32.2. The van der Waals surface area contributed by atoms with Crippen LogP contribution in [0.2, 0.25) is 0 Å². The van der Waals surface area contributed by atoms with Gasteiger partial charge in [0.2, 0.25) is 5.91 Å². The minimum Gasteiger partial charge on any atom is -0.382 e. The van der Waals surface area contributed by atoms with Crippen LogP contribution >= 0.6 is 23.1 Å². The van der Waals surface area contributed by atoms with Crippen LogP contribution in [0.5, 0.6) is 0 Å². The van der Waals surface area contributed by atoms with Crippen LogP contribution in [0.1, 0.15) is 23.8 Å². The molecular formula is C17H24N4O4S2. The SMILES string of the molecule is CCOCCCn1c(SCC(=O)NC(=O)NC)nc2sc(C)c(C)c2c1=O. The summed E-state index contributed by atoms with van der Waals surface area (Å²) in [6.07, 6.45) is 0.668. The molecule has 0 saturated heterocycles. The highest BCUT2D eigenvalue weighted by molar-refractivity contribution is 7.99. The number of thiophene rings is 1. The molecule has 2 aromatic heterocycles. The number of fused-ring (bicyclic) bond motifs is 1. The molecule has 8 nitrogen and oxygen atoms in total. The van der Waals surface area contributed by atoms with Gasteiger partial charge in [0, 0.05) is 31.7 Å². The Bertz CT molecular complexity index is 891. The van der Waals surface area contributed by atoms with Crippen molar-refractivity contribution in [1.29, 1.82) is 0 Å². The lowest BCUT2D eigenvalue weighted by Gasteiger charge is -2.12. The van der Waals surface area contributed by atoms with Gasteiger partial charge in [-0.25, -0.2) is 9.78 Å². The van der Waals surface area contributed by atoms with Gasteiger partial charge in [-0.1, -0.05) is 11.8 Å². The average molecular weight is 413 g/mol. The van der Waals surface area contributed by atoms with E-state index in [1.165, 1.54) is 18.4 Å². The minimum atomic E-state index is -0.567. The van der Waals surface area contributed by atoms with Crippen LogP contribution in [0.4, 0.5) is 4.79 Å². The largest absolute Gasteiger partial charge is 0.382 e. The van der Waals surface area contributed by atoms with Crippen LogP contribution < -0.4 is 16.2 Å². The van der Waals surface area contributed by atoms with Gasteiger partial charge < -0.3 is 10.1 Å². The Balaban J connectivity index is 2.29. The summed E-state index contributed by atoms with van der Waals surface area (Å²) in [6, 6.07) is -0.567. The van der Waals surface area contributed by atoms with Crippen molar-refractivity contribution in [2.24, 2.45) is 0 Å². The second-order valence-corrected chi connectivity index (χ2v) is 7.93. The lowest BCUT2D eigenvalue weighted by Crippen LogP contribution is -2.38. The lowest BCUT2D eigenvalue weighted by molar-refractivity contribution is -0.117. The fourth-order valence-corrected chi connectivity index (χ4v) is 4.34. The first-order valence-electron chi connectivity index (χ1n) is 8.61. The third-order valence-electron chi connectivity index (χ3n) is 3.94. The molecule has 3 amide bonds. The molecule has 0 aliphatic carbocycles. The highest BCUT2D eigenvalue weighted by Crippen LogP contribution is 2.28. The van der Waals surface area contributed by atoms with Crippen molar-refractivity contribution in [3.05, 3.63) is 20.8 Å². The summed E-state index contributed by atoms with van der Waals surface area (Å²) >= 11 is 2.61. The molecule has 148 valence electrons. The zero-order valence-electron chi connectivity index (χ0n) is 15.9. The Kier molecular flexibility index (Phi) is 7.81. The summed E-state index contributed by atoms with van der Waals surface area (Å²) in [4.78, 5) is 42.5. The molecule has 0 spiro atoms. The van der Waals surface area contributed by atoms with Crippen molar-refractivity contribution in [3.63, 3.8) is 0 Å². The third-order valence-corrected chi connectivity index (χ3v) is 6.02. The van der Waals surface area contributed by atoms with Gasteiger partial charge in [-0.05, 0) is 32.8 Å². The fraction of sp³-hybridized carbons (Fsp3) is 0.529. The molecule has 0 unspecified atom stereocenters. The normalized spacial score (nSPS) is 11.0. The van der Waals surface area contributed by atoms with Crippen LogP contribution in [0.3, 0.4) is 0 Å². The van der Waals surface area contributed by atoms with E-state index in [4.69, 9.17) is 4.74 Å². The van der Waals surface area contributed by atoms with E-state index in [2.05, 4.69) is 15.6 Å². The van der Waals surface area contributed by atoms with Crippen molar-refractivity contribution in [1.82, 2.24) is 20.2 Å². The van der Waals surface area contributed by atoms with E-state index >= 15 is 0 Å². The van der Waals surface area contributed by atoms with Gasteiger partial charge in [-0.2, -0.15) is 0 Å². The Morgan fingerprint density at radius 1 is 1.33 bits per heavy atom. The van der Waals surface area contributed by atoms with Crippen LogP contribution in [-0.2, 0) is 16.1 Å². The van der Waals surface area contributed by atoms with Gasteiger partial charge in [-0.3, -0.25) is 19.5 Å².